The summed E-state index contributed by atoms with van der Waals surface area (Å²) in [5.41, 5.74) is 0.0980. The molecule has 1 aliphatic carbocycles. The van der Waals surface area contributed by atoms with Gasteiger partial charge in [-0.2, -0.15) is 0 Å². The number of ketones is 1. The minimum absolute atomic E-state index is 0.0677. The van der Waals surface area contributed by atoms with E-state index in [0.717, 1.165) is 11.8 Å². The molecule has 18 heavy (non-hydrogen) atoms. The molecule has 100 valence electrons. The van der Waals surface area contributed by atoms with Crippen LogP contribution < -0.4 is 0 Å². The molecular formula is C15H22O3. The summed E-state index contributed by atoms with van der Waals surface area (Å²) >= 11 is 0. The van der Waals surface area contributed by atoms with Crippen LogP contribution >= 0.6 is 0 Å². The molecule has 0 amide bonds. The number of carbonyl (C=O) groups is 1. The molecule has 0 radical (unpaired) electrons. The lowest BCUT2D eigenvalue weighted by atomic mass is 9.63. The molecule has 1 aliphatic rings. The van der Waals surface area contributed by atoms with E-state index in [-0.39, 0.29) is 5.78 Å². The average molecular weight is 250 g/mol. The Kier molecular flexibility index (Phi) is 4.17. The van der Waals surface area contributed by atoms with Crippen molar-refractivity contribution in [3.63, 3.8) is 0 Å². The smallest absolute Gasteiger partial charge is 0.156 e. The van der Waals surface area contributed by atoms with Crippen molar-refractivity contribution in [1.82, 2.24) is 0 Å². The molecule has 3 heteroatoms. The van der Waals surface area contributed by atoms with Gasteiger partial charge >= 0.3 is 0 Å². The van der Waals surface area contributed by atoms with Gasteiger partial charge in [0.05, 0.1) is 11.9 Å². The number of rotatable bonds is 3. The monoisotopic (exact) mass is 250 g/mol. The van der Waals surface area contributed by atoms with Crippen molar-refractivity contribution in [3.05, 3.63) is 35.6 Å². The molecule has 0 aromatic heterocycles. The van der Waals surface area contributed by atoms with Gasteiger partial charge in [0.15, 0.2) is 5.78 Å². The van der Waals surface area contributed by atoms with Gasteiger partial charge in [-0.05, 0) is 38.0 Å². The van der Waals surface area contributed by atoms with E-state index in [4.69, 9.17) is 5.11 Å². The highest BCUT2D eigenvalue weighted by molar-refractivity contribution is 5.92. The summed E-state index contributed by atoms with van der Waals surface area (Å²) in [6, 6.07) is 0. The Morgan fingerprint density at radius 3 is 2.61 bits per heavy atom. The molecule has 1 atom stereocenters. The van der Waals surface area contributed by atoms with Gasteiger partial charge in [0.25, 0.3) is 0 Å². The minimum Gasteiger partial charge on any atom is -0.516 e. The molecule has 0 spiro atoms. The lowest BCUT2D eigenvalue weighted by Gasteiger charge is -2.45. The zero-order chi connectivity index (χ0) is 14.0. The molecule has 0 fully saturated rings. The minimum atomic E-state index is -1.01. The lowest BCUT2D eigenvalue weighted by molar-refractivity contribution is -0.123. The second-order valence-electron chi connectivity index (χ2n) is 5.68. The first-order valence-corrected chi connectivity index (χ1v) is 6.14. The van der Waals surface area contributed by atoms with Crippen LogP contribution in [0.25, 0.3) is 0 Å². The molecule has 1 rings (SSSR count). The Labute approximate surface area is 109 Å². The van der Waals surface area contributed by atoms with Crippen LogP contribution in [0.5, 0.6) is 0 Å². The van der Waals surface area contributed by atoms with E-state index in [9.17, 15) is 9.90 Å². The highest BCUT2D eigenvalue weighted by Gasteiger charge is 2.47. The number of aliphatic hydroxyl groups excluding tert-OH is 1. The largest absolute Gasteiger partial charge is 0.516 e. The van der Waals surface area contributed by atoms with Crippen LogP contribution in [0.4, 0.5) is 0 Å². The van der Waals surface area contributed by atoms with Crippen LogP contribution in [-0.4, -0.2) is 21.6 Å². The van der Waals surface area contributed by atoms with Crippen LogP contribution in [0.2, 0.25) is 0 Å². The number of aliphatic hydroxyl groups is 2. The molecule has 3 nitrogen and oxygen atoms in total. The van der Waals surface area contributed by atoms with Crippen molar-refractivity contribution < 1.29 is 15.0 Å². The maximum Gasteiger partial charge on any atom is 0.156 e. The van der Waals surface area contributed by atoms with Crippen LogP contribution in [0.1, 0.15) is 40.5 Å². The number of hydrogen-bond acceptors (Lipinski definition) is 3. The third-order valence-corrected chi connectivity index (χ3v) is 3.82. The molecule has 0 saturated heterocycles. The van der Waals surface area contributed by atoms with Gasteiger partial charge in [0.2, 0.25) is 0 Å². The Bertz CT molecular complexity index is 427. The average Bonchev–Trinajstić information content (AvgIpc) is 2.23. The van der Waals surface area contributed by atoms with Crippen molar-refractivity contribution in [3.8, 4) is 0 Å². The van der Waals surface area contributed by atoms with Gasteiger partial charge < -0.3 is 10.2 Å². The normalized spacial score (nSPS) is 28.6. The van der Waals surface area contributed by atoms with Crippen LogP contribution in [0.3, 0.4) is 0 Å². The summed E-state index contributed by atoms with van der Waals surface area (Å²) in [4.78, 5) is 11.6. The molecule has 0 aromatic carbocycles. The second kappa shape index (κ2) is 5.11. The van der Waals surface area contributed by atoms with Gasteiger partial charge in [-0.15, -0.1) is 0 Å². The molecule has 1 unspecified atom stereocenters. The van der Waals surface area contributed by atoms with Gasteiger partial charge in [-0.25, -0.2) is 0 Å². The summed E-state index contributed by atoms with van der Waals surface area (Å²) in [6.07, 6.45) is 6.75. The molecule has 0 aliphatic heterocycles. The summed E-state index contributed by atoms with van der Waals surface area (Å²) in [5, 5.41) is 19.5. The molecule has 0 bridgehead atoms. The van der Waals surface area contributed by atoms with E-state index in [0.29, 0.717) is 18.4 Å². The highest BCUT2D eigenvalue weighted by Crippen LogP contribution is 2.45. The van der Waals surface area contributed by atoms with Crippen molar-refractivity contribution in [1.29, 1.82) is 0 Å². The first kappa shape index (κ1) is 14.7. The van der Waals surface area contributed by atoms with E-state index in [2.05, 4.69) is 0 Å². The molecule has 0 heterocycles. The number of hydrogen-bond donors (Lipinski definition) is 2. The van der Waals surface area contributed by atoms with Crippen molar-refractivity contribution in [2.45, 2.75) is 46.1 Å². The summed E-state index contributed by atoms with van der Waals surface area (Å²) < 4.78 is 0. The Morgan fingerprint density at radius 1 is 1.50 bits per heavy atom. The predicted molar refractivity (Wildman–Crippen MR) is 72.3 cm³/mol. The van der Waals surface area contributed by atoms with Crippen molar-refractivity contribution >= 4 is 5.78 Å². The number of carbonyl (C=O) groups excluding carboxylic acids is 1. The topological polar surface area (TPSA) is 57.5 Å². The standard InChI is InChI=1S/C15H22O3/c1-11(6-8-16)5-7-15(18)12(2)9-13(17)10-14(15,3)4/h5-6,8-9,16,18H,7,10H2,1-4H3/b8-6-,11-5+. The van der Waals surface area contributed by atoms with Crippen LogP contribution in [0.15, 0.2) is 35.6 Å². The van der Waals surface area contributed by atoms with Gasteiger partial charge in [0.1, 0.15) is 0 Å². The van der Waals surface area contributed by atoms with Crippen LogP contribution in [-0.2, 0) is 4.79 Å². The van der Waals surface area contributed by atoms with E-state index in [1.54, 1.807) is 13.0 Å². The third-order valence-electron chi connectivity index (χ3n) is 3.82. The maximum atomic E-state index is 11.6. The van der Waals surface area contributed by atoms with E-state index < -0.39 is 11.0 Å². The second-order valence-corrected chi connectivity index (χ2v) is 5.68. The zero-order valence-electron chi connectivity index (χ0n) is 11.5. The number of allylic oxidation sites excluding steroid dienone is 3. The van der Waals surface area contributed by atoms with Crippen molar-refractivity contribution in [2.24, 2.45) is 5.41 Å². The summed E-state index contributed by atoms with van der Waals surface area (Å²) in [7, 11) is 0. The Hall–Kier alpha value is -1.35. The summed E-state index contributed by atoms with van der Waals surface area (Å²) in [6.45, 7) is 7.47. The van der Waals surface area contributed by atoms with Gasteiger partial charge in [-0.1, -0.05) is 25.5 Å². The maximum absolute atomic E-state index is 11.6. The van der Waals surface area contributed by atoms with Gasteiger partial charge in [-0.3, -0.25) is 4.79 Å². The van der Waals surface area contributed by atoms with E-state index in [1.807, 2.05) is 26.8 Å². The zero-order valence-corrected chi connectivity index (χ0v) is 11.5. The fourth-order valence-corrected chi connectivity index (χ4v) is 2.46. The molecular weight excluding hydrogens is 228 g/mol. The molecule has 2 N–H and O–H groups in total. The quantitative estimate of drug-likeness (QED) is 0.598. The molecule has 0 saturated carbocycles. The van der Waals surface area contributed by atoms with E-state index >= 15 is 0 Å². The highest BCUT2D eigenvalue weighted by atomic mass is 16.3. The Balaban J connectivity index is 3.06. The first-order chi connectivity index (χ1) is 8.23. The fourth-order valence-electron chi connectivity index (χ4n) is 2.46. The molecule has 0 aromatic rings. The SMILES string of the molecule is CC1=CC(=O)CC(C)(C)C1(O)C/C=C(C)/C=C\O. The van der Waals surface area contributed by atoms with Crippen molar-refractivity contribution in [2.75, 3.05) is 0 Å². The predicted octanol–water partition coefficient (Wildman–Crippen LogP) is 3.07. The Morgan fingerprint density at radius 2 is 2.11 bits per heavy atom. The van der Waals surface area contributed by atoms with Gasteiger partial charge in [0, 0.05) is 11.8 Å². The first-order valence-electron chi connectivity index (χ1n) is 6.14. The summed E-state index contributed by atoms with van der Waals surface area (Å²) in [5.74, 6) is 0.0677. The third kappa shape index (κ3) is 2.72. The van der Waals surface area contributed by atoms with Crippen LogP contribution in [0, 0.1) is 5.41 Å². The van der Waals surface area contributed by atoms with E-state index in [1.165, 1.54) is 6.08 Å². The lowest BCUT2D eigenvalue weighted by Crippen LogP contribution is -2.49. The fraction of sp³-hybridized carbons (Fsp3) is 0.533.